The van der Waals surface area contributed by atoms with Crippen molar-refractivity contribution in [2.24, 2.45) is 5.92 Å². The standard InChI is InChI=1S/C11H16ClN3O3/c12-9-4-13-15(6-9)2-1-14-5-8(3-11(17)18)10(16)7-14/h4,6,8,10,16H,1-3,5,7H2,(H,17,18)/t8-,10-/m1/s1. The Morgan fingerprint density at radius 1 is 1.50 bits per heavy atom. The molecule has 0 aliphatic carbocycles. The van der Waals surface area contributed by atoms with Crippen molar-refractivity contribution in [2.75, 3.05) is 19.6 Å². The van der Waals surface area contributed by atoms with Crippen LogP contribution in [0.4, 0.5) is 0 Å². The van der Waals surface area contributed by atoms with Crippen molar-refractivity contribution in [3.63, 3.8) is 0 Å². The summed E-state index contributed by atoms with van der Waals surface area (Å²) in [7, 11) is 0. The Labute approximate surface area is 110 Å². The molecule has 0 radical (unpaired) electrons. The first kappa shape index (κ1) is 13.3. The monoisotopic (exact) mass is 273 g/mol. The molecule has 1 aliphatic rings. The van der Waals surface area contributed by atoms with E-state index < -0.39 is 12.1 Å². The molecule has 2 atom stereocenters. The third kappa shape index (κ3) is 3.44. The lowest BCUT2D eigenvalue weighted by Crippen LogP contribution is -2.26. The van der Waals surface area contributed by atoms with Gasteiger partial charge in [0.25, 0.3) is 0 Å². The van der Waals surface area contributed by atoms with Crippen LogP contribution < -0.4 is 0 Å². The third-order valence-corrected chi connectivity index (χ3v) is 3.36. The van der Waals surface area contributed by atoms with E-state index in [2.05, 4.69) is 5.10 Å². The normalized spacial score (nSPS) is 24.6. The Kier molecular flexibility index (Phi) is 4.21. The first-order valence-corrected chi connectivity index (χ1v) is 6.22. The lowest BCUT2D eigenvalue weighted by molar-refractivity contribution is -0.138. The van der Waals surface area contributed by atoms with Crippen LogP contribution in [0.25, 0.3) is 0 Å². The number of carbonyl (C=O) groups is 1. The summed E-state index contributed by atoms with van der Waals surface area (Å²) in [4.78, 5) is 12.7. The Hall–Kier alpha value is -1.11. The third-order valence-electron chi connectivity index (χ3n) is 3.17. The number of β-amino-alcohol motifs (C(OH)–C–C–N with tert-alkyl or cyclic N) is 1. The summed E-state index contributed by atoms with van der Waals surface area (Å²) in [5, 5.41) is 23.2. The molecule has 1 saturated heterocycles. The summed E-state index contributed by atoms with van der Waals surface area (Å²) in [5.74, 6) is -1.04. The molecule has 1 aliphatic heterocycles. The van der Waals surface area contributed by atoms with Gasteiger partial charge >= 0.3 is 5.97 Å². The highest BCUT2D eigenvalue weighted by atomic mass is 35.5. The van der Waals surface area contributed by atoms with E-state index in [4.69, 9.17) is 16.7 Å². The average Bonchev–Trinajstić information content (AvgIpc) is 2.83. The Bertz CT molecular complexity index is 423. The highest BCUT2D eigenvalue weighted by Crippen LogP contribution is 2.20. The fourth-order valence-corrected chi connectivity index (χ4v) is 2.41. The molecular formula is C11H16ClN3O3. The lowest BCUT2D eigenvalue weighted by Gasteiger charge is -2.14. The highest BCUT2D eigenvalue weighted by Gasteiger charge is 2.32. The maximum Gasteiger partial charge on any atom is 0.303 e. The zero-order valence-electron chi connectivity index (χ0n) is 9.87. The summed E-state index contributed by atoms with van der Waals surface area (Å²) in [6.45, 7) is 2.54. The number of nitrogens with zero attached hydrogens (tertiary/aromatic N) is 3. The van der Waals surface area contributed by atoms with Crippen LogP contribution in [0.3, 0.4) is 0 Å². The molecule has 100 valence electrons. The van der Waals surface area contributed by atoms with Crippen molar-refractivity contribution >= 4 is 17.6 Å². The fraction of sp³-hybridized carbons (Fsp3) is 0.636. The van der Waals surface area contributed by atoms with Crippen LogP contribution in [0.1, 0.15) is 6.42 Å². The van der Waals surface area contributed by atoms with Gasteiger partial charge < -0.3 is 10.2 Å². The molecule has 7 heteroatoms. The van der Waals surface area contributed by atoms with Gasteiger partial charge in [0, 0.05) is 31.7 Å². The Morgan fingerprint density at radius 3 is 2.89 bits per heavy atom. The van der Waals surface area contributed by atoms with Gasteiger partial charge in [-0.15, -0.1) is 0 Å². The molecule has 0 amide bonds. The second kappa shape index (κ2) is 5.69. The van der Waals surface area contributed by atoms with E-state index in [1.165, 1.54) is 0 Å². The molecule has 1 aromatic rings. The second-order valence-electron chi connectivity index (χ2n) is 4.61. The van der Waals surface area contributed by atoms with E-state index >= 15 is 0 Å². The van der Waals surface area contributed by atoms with Gasteiger partial charge in [-0.3, -0.25) is 14.4 Å². The smallest absolute Gasteiger partial charge is 0.303 e. The minimum Gasteiger partial charge on any atom is -0.481 e. The van der Waals surface area contributed by atoms with Crippen LogP contribution in [0.15, 0.2) is 12.4 Å². The van der Waals surface area contributed by atoms with Crippen LogP contribution in [0.2, 0.25) is 5.02 Å². The van der Waals surface area contributed by atoms with Crippen LogP contribution in [0.5, 0.6) is 0 Å². The summed E-state index contributed by atoms with van der Waals surface area (Å²) in [6.07, 6.45) is 2.78. The number of aromatic nitrogens is 2. The largest absolute Gasteiger partial charge is 0.481 e. The molecular weight excluding hydrogens is 258 g/mol. The van der Waals surface area contributed by atoms with Gasteiger partial charge in [0.2, 0.25) is 0 Å². The van der Waals surface area contributed by atoms with Crippen LogP contribution in [-0.4, -0.2) is 56.6 Å². The highest BCUT2D eigenvalue weighted by molar-refractivity contribution is 6.30. The molecule has 2 N–H and O–H groups in total. The first-order chi connectivity index (χ1) is 8.54. The van der Waals surface area contributed by atoms with Crippen molar-refractivity contribution in [3.05, 3.63) is 17.4 Å². The minimum atomic E-state index is -0.861. The van der Waals surface area contributed by atoms with Gasteiger partial charge in [-0.25, -0.2) is 0 Å². The number of halogens is 1. The molecule has 2 heterocycles. The minimum absolute atomic E-state index is 0.0191. The lowest BCUT2D eigenvalue weighted by atomic mass is 10.0. The van der Waals surface area contributed by atoms with E-state index in [0.29, 0.717) is 24.7 Å². The predicted molar refractivity (Wildman–Crippen MR) is 65.4 cm³/mol. The molecule has 6 nitrogen and oxygen atoms in total. The molecule has 2 rings (SSSR count). The van der Waals surface area contributed by atoms with Crippen molar-refractivity contribution < 1.29 is 15.0 Å². The molecule has 0 spiro atoms. The van der Waals surface area contributed by atoms with Crippen molar-refractivity contribution in [1.82, 2.24) is 14.7 Å². The fourth-order valence-electron chi connectivity index (χ4n) is 2.25. The summed E-state index contributed by atoms with van der Waals surface area (Å²) >= 11 is 5.76. The van der Waals surface area contributed by atoms with Crippen molar-refractivity contribution in [1.29, 1.82) is 0 Å². The Morgan fingerprint density at radius 2 is 2.28 bits per heavy atom. The molecule has 0 aromatic carbocycles. The van der Waals surface area contributed by atoms with E-state index in [1.807, 2.05) is 4.90 Å². The number of carboxylic acid groups (broad SMARTS) is 1. The number of likely N-dealkylation sites (tertiary alicyclic amines) is 1. The topological polar surface area (TPSA) is 78.6 Å². The molecule has 0 unspecified atom stereocenters. The molecule has 0 bridgehead atoms. The quantitative estimate of drug-likeness (QED) is 0.807. The molecule has 1 aromatic heterocycles. The number of aliphatic hydroxyl groups excluding tert-OH is 1. The van der Waals surface area contributed by atoms with Gasteiger partial charge in [0.15, 0.2) is 0 Å². The van der Waals surface area contributed by atoms with Crippen LogP contribution in [-0.2, 0) is 11.3 Å². The zero-order valence-corrected chi connectivity index (χ0v) is 10.6. The van der Waals surface area contributed by atoms with E-state index in [9.17, 15) is 9.90 Å². The number of rotatable bonds is 5. The number of hydrogen-bond acceptors (Lipinski definition) is 4. The van der Waals surface area contributed by atoms with Gasteiger partial charge in [0.05, 0.1) is 30.3 Å². The number of aliphatic carboxylic acids is 1. The van der Waals surface area contributed by atoms with E-state index in [1.54, 1.807) is 17.1 Å². The Balaban J connectivity index is 1.79. The predicted octanol–water partition coefficient (Wildman–Crippen LogP) is 0.304. The molecule has 1 fully saturated rings. The van der Waals surface area contributed by atoms with Crippen LogP contribution >= 0.6 is 11.6 Å². The van der Waals surface area contributed by atoms with Gasteiger partial charge in [-0.1, -0.05) is 11.6 Å². The number of hydrogen-bond donors (Lipinski definition) is 2. The zero-order chi connectivity index (χ0) is 13.1. The molecule has 0 saturated carbocycles. The summed E-state index contributed by atoms with van der Waals surface area (Å²) in [6, 6.07) is 0. The van der Waals surface area contributed by atoms with Gasteiger partial charge in [-0.05, 0) is 0 Å². The van der Waals surface area contributed by atoms with Crippen LogP contribution in [0, 0.1) is 5.92 Å². The van der Waals surface area contributed by atoms with Crippen molar-refractivity contribution in [2.45, 2.75) is 19.1 Å². The maximum absolute atomic E-state index is 10.6. The summed E-state index contributed by atoms with van der Waals surface area (Å²) in [5.41, 5.74) is 0. The van der Waals surface area contributed by atoms with Gasteiger partial charge in [0.1, 0.15) is 0 Å². The second-order valence-corrected chi connectivity index (χ2v) is 5.04. The average molecular weight is 274 g/mol. The van der Waals surface area contributed by atoms with Gasteiger partial charge in [-0.2, -0.15) is 5.10 Å². The SMILES string of the molecule is O=C(O)C[C@@H]1CN(CCn2cc(Cl)cn2)C[C@H]1O. The maximum atomic E-state index is 10.6. The van der Waals surface area contributed by atoms with E-state index in [-0.39, 0.29) is 12.3 Å². The first-order valence-electron chi connectivity index (χ1n) is 5.85. The molecule has 18 heavy (non-hydrogen) atoms. The summed E-state index contributed by atoms with van der Waals surface area (Å²) < 4.78 is 1.74. The number of aliphatic hydroxyl groups is 1. The van der Waals surface area contributed by atoms with Crippen molar-refractivity contribution in [3.8, 4) is 0 Å². The van der Waals surface area contributed by atoms with E-state index in [0.717, 1.165) is 6.54 Å². The number of carboxylic acids is 1.